The van der Waals surface area contributed by atoms with E-state index in [-0.39, 0.29) is 35.5 Å². The number of hydrogen-bond donors (Lipinski definition) is 1. The summed E-state index contributed by atoms with van der Waals surface area (Å²) in [6.45, 7) is 0. The lowest BCUT2D eigenvalue weighted by molar-refractivity contribution is -0.123. The first-order chi connectivity index (χ1) is 12.6. The van der Waals surface area contributed by atoms with E-state index in [2.05, 4.69) is 12.2 Å². The molecule has 1 saturated heterocycles. The van der Waals surface area contributed by atoms with Gasteiger partial charge in [0.2, 0.25) is 11.8 Å². The smallest absolute Gasteiger partial charge is 0.238 e. The van der Waals surface area contributed by atoms with E-state index >= 15 is 0 Å². The van der Waals surface area contributed by atoms with Gasteiger partial charge >= 0.3 is 0 Å². The molecule has 26 heavy (non-hydrogen) atoms. The molecule has 1 heterocycles. The summed E-state index contributed by atoms with van der Waals surface area (Å²) < 4.78 is 0. The van der Waals surface area contributed by atoms with E-state index in [0.717, 1.165) is 24.1 Å². The van der Waals surface area contributed by atoms with Crippen molar-refractivity contribution in [3.8, 4) is 0 Å². The molecule has 4 nitrogen and oxygen atoms in total. The number of allylic oxidation sites excluding steroid dienone is 2. The number of amides is 2. The number of carbonyl (C=O) groups is 2. The van der Waals surface area contributed by atoms with Crippen LogP contribution in [0.15, 0.2) is 60.7 Å². The second-order valence-corrected chi connectivity index (χ2v) is 7.60. The lowest BCUT2D eigenvalue weighted by atomic mass is 9.85. The minimum Gasteiger partial charge on any atom is -0.399 e. The molecule has 5 rings (SSSR count). The standard InChI is InChI=1S/C22H20N2O2/c23-17-7-1-13(2-8-17)11-14-3-9-18(10-4-14)24-21(25)19-15-5-6-16(12-15)20(19)22(24)26/h1-10,15-16,19-20H,11-12,23H2/t15-,16-,19+,20+/m1/s1. The third-order valence-electron chi connectivity index (χ3n) is 6.05. The lowest BCUT2D eigenvalue weighted by Crippen LogP contribution is -2.32. The highest BCUT2D eigenvalue weighted by atomic mass is 16.2. The second kappa shape index (κ2) is 5.56. The molecule has 2 bridgehead atoms. The van der Waals surface area contributed by atoms with Crippen molar-refractivity contribution >= 4 is 23.2 Å². The van der Waals surface area contributed by atoms with Crippen LogP contribution in [0.5, 0.6) is 0 Å². The predicted molar refractivity (Wildman–Crippen MR) is 100 cm³/mol. The summed E-state index contributed by atoms with van der Waals surface area (Å²) in [7, 11) is 0. The van der Waals surface area contributed by atoms with Crippen LogP contribution < -0.4 is 10.6 Å². The van der Waals surface area contributed by atoms with E-state index in [1.54, 1.807) is 0 Å². The monoisotopic (exact) mass is 344 g/mol. The normalized spacial score (nSPS) is 28.8. The second-order valence-electron chi connectivity index (χ2n) is 7.60. The van der Waals surface area contributed by atoms with Crippen LogP contribution in [0.1, 0.15) is 17.5 Å². The fourth-order valence-electron chi connectivity index (χ4n) is 4.79. The van der Waals surface area contributed by atoms with E-state index in [1.165, 1.54) is 10.5 Å². The molecule has 2 amide bonds. The highest BCUT2D eigenvalue weighted by Gasteiger charge is 2.59. The highest BCUT2D eigenvalue weighted by Crippen LogP contribution is 2.53. The van der Waals surface area contributed by atoms with Gasteiger partial charge in [0.15, 0.2) is 0 Å². The van der Waals surface area contributed by atoms with Crippen molar-refractivity contribution in [2.24, 2.45) is 23.7 Å². The van der Waals surface area contributed by atoms with Crippen LogP contribution in [0.2, 0.25) is 0 Å². The van der Waals surface area contributed by atoms with Crippen LogP contribution >= 0.6 is 0 Å². The molecule has 0 unspecified atom stereocenters. The van der Waals surface area contributed by atoms with Gasteiger partial charge in [-0.2, -0.15) is 0 Å². The summed E-state index contributed by atoms with van der Waals surface area (Å²) in [5, 5.41) is 0. The van der Waals surface area contributed by atoms with E-state index < -0.39 is 0 Å². The molecule has 4 heteroatoms. The first kappa shape index (κ1) is 15.4. The number of rotatable bonds is 3. The number of fused-ring (bicyclic) bond motifs is 5. The van der Waals surface area contributed by atoms with Crippen LogP contribution in [0.4, 0.5) is 11.4 Å². The Hall–Kier alpha value is -2.88. The average molecular weight is 344 g/mol. The number of benzene rings is 2. The summed E-state index contributed by atoms with van der Waals surface area (Å²) in [4.78, 5) is 27.1. The Morgan fingerprint density at radius 2 is 1.31 bits per heavy atom. The maximum Gasteiger partial charge on any atom is 0.238 e. The zero-order valence-electron chi connectivity index (χ0n) is 14.3. The van der Waals surface area contributed by atoms with Crippen molar-refractivity contribution < 1.29 is 9.59 Å². The number of imide groups is 1. The molecule has 3 aliphatic rings. The molecular formula is C22H20N2O2. The van der Waals surface area contributed by atoms with Gasteiger partial charge in [-0.1, -0.05) is 36.4 Å². The predicted octanol–water partition coefficient (Wildman–Crippen LogP) is 3.17. The Kier molecular flexibility index (Phi) is 3.29. The third kappa shape index (κ3) is 2.22. The van der Waals surface area contributed by atoms with Crippen molar-refractivity contribution in [3.63, 3.8) is 0 Å². The Morgan fingerprint density at radius 3 is 1.85 bits per heavy atom. The quantitative estimate of drug-likeness (QED) is 0.528. The zero-order chi connectivity index (χ0) is 17.8. The van der Waals surface area contributed by atoms with Gasteiger partial charge in [-0.25, -0.2) is 0 Å². The number of anilines is 2. The van der Waals surface area contributed by atoms with Gasteiger partial charge in [-0.05, 0) is 60.1 Å². The number of nitrogens with two attached hydrogens (primary N) is 1. The van der Waals surface area contributed by atoms with Crippen molar-refractivity contribution in [2.75, 3.05) is 10.6 Å². The molecule has 2 fully saturated rings. The van der Waals surface area contributed by atoms with Gasteiger partial charge in [0.1, 0.15) is 0 Å². The van der Waals surface area contributed by atoms with E-state index in [0.29, 0.717) is 5.69 Å². The molecule has 0 radical (unpaired) electrons. The van der Waals surface area contributed by atoms with Gasteiger partial charge in [-0.3, -0.25) is 14.5 Å². The fourth-order valence-corrected chi connectivity index (χ4v) is 4.79. The van der Waals surface area contributed by atoms with Gasteiger partial charge in [0.25, 0.3) is 0 Å². The summed E-state index contributed by atoms with van der Waals surface area (Å²) in [6, 6.07) is 15.6. The van der Waals surface area contributed by atoms with Crippen LogP contribution in [0.25, 0.3) is 0 Å². The number of hydrogen-bond acceptors (Lipinski definition) is 3. The Balaban J connectivity index is 1.37. The van der Waals surface area contributed by atoms with Crippen molar-refractivity contribution in [1.29, 1.82) is 0 Å². The van der Waals surface area contributed by atoms with Gasteiger partial charge < -0.3 is 5.73 Å². The van der Waals surface area contributed by atoms with E-state index in [1.807, 2.05) is 48.5 Å². The Labute approximate surface area is 152 Å². The number of nitrogen functional groups attached to an aromatic ring is 1. The molecule has 2 aromatic rings. The molecule has 0 aromatic heterocycles. The van der Waals surface area contributed by atoms with Gasteiger partial charge in [0.05, 0.1) is 17.5 Å². The number of carbonyl (C=O) groups excluding carboxylic acids is 2. The third-order valence-corrected chi connectivity index (χ3v) is 6.05. The molecule has 2 aliphatic carbocycles. The molecule has 1 aliphatic heterocycles. The Morgan fingerprint density at radius 1 is 0.808 bits per heavy atom. The largest absolute Gasteiger partial charge is 0.399 e. The topological polar surface area (TPSA) is 63.4 Å². The first-order valence-electron chi connectivity index (χ1n) is 9.11. The minimum atomic E-state index is -0.146. The number of nitrogens with zero attached hydrogens (tertiary/aromatic N) is 1. The summed E-state index contributed by atoms with van der Waals surface area (Å²) in [6.07, 6.45) is 6.00. The molecule has 4 atom stereocenters. The van der Waals surface area contributed by atoms with Crippen molar-refractivity contribution in [3.05, 3.63) is 71.8 Å². The summed E-state index contributed by atoms with van der Waals surface area (Å²) >= 11 is 0. The maximum absolute atomic E-state index is 12.9. The van der Waals surface area contributed by atoms with Crippen LogP contribution in [-0.2, 0) is 16.0 Å². The van der Waals surface area contributed by atoms with E-state index in [9.17, 15) is 9.59 Å². The fraction of sp³-hybridized carbons (Fsp3) is 0.273. The van der Waals surface area contributed by atoms with Crippen LogP contribution in [-0.4, -0.2) is 11.8 Å². The highest BCUT2D eigenvalue weighted by molar-refractivity contribution is 6.22. The van der Waals surface area contributed by atoms with Gasteiger partial charge in [-0.15, -0.1) is 0 Å². The summed E-state index contributed by atoms with van der Waals surface area (Å²) in [5.74, 6) is 0.151. The molecule has 130 valence electrons. The molecule has 0 spiro atoms. The van der Waals surface area contributed by atoms with Crippen molar-refractivity contribution in [1.82, 2.24) is 0 Å². The SMILES string of the molecule is Nc1ccc(Cc2ccc(N3C(=O)[C@@H]4[C@@H](C3=O)[C@@H]3C=C[C@@H]4C3)cc2)cc1. The Bertz CT molecular complexity index is 884. The van der Waals surface area contributed by atoms with Gasteiger partial charge in [0, 0.05) is 5.69 Å². The molecular weight excluding hydrogens is 324 g/mol. The average Bonchev–Trinajstić information content (AvgIpc) is 3.32. The minimum absolute atomic E-state index is 0.0249. The van der Waals surface area contributed by atoms with Crippen molar-refractivity contribution in [2.45, 2.75) is 12.8 Å². The summed E-state index contributed by atoms with van der Waals surface area (Å²) in [5.41, 5.74) is 9.48. The zero-order valence-corrected chi connectivity index (χ0v) is 14.3. The van der Waals surface area contributed by atoms with Crippen LogP contribution in [0, 0.1) is 23.7 Å². The van der Waals surface area contributed by atoms with E-state index in [4.69, 9.17) is 5.73 Å². The maximum atomic E-state index is 12.9. The molecule has 2 N–H and O–H groups in total. The lowest BCUT2D eigenvalue weighted by Gasteiger charge is -2.17. The first-order valence-corrected chi connectivity index (χ1v) is 9.11. The molecule has 1 saturated carbocycles. The van der Waals surface area contributed by atoms with Crippen LogP contribution in [0.3, 0.4) is 0 Å². The molecule has 2 aromatic carbocycles.